The van der Waals surface area contributed by atoms with Crippen molar-refractivity contribution < 1.29 is 14.3 Å². The average molecular weight is 209 g/mol. The lowest BCUT2D eigenvalue weighted by atomic mass is 9.68. The minimum Gasteiger partial charge on any atom is -0.445 e. The van der Waals surface area contributed by atoms with Crippen LogP contribution in [-0.2, 0) is 9.53 Å². The summed E-state index contributed by atoms with van der Waals surface area (Å²) in [5, 5.41) is 0. The number of amides is 2. The van der Waals surface area contributed by atoms with Gasteiger partial charge >= 0.3 is 6.09 Å². The zero-order chi connectivity index (χ0) is 10.9. The summed E-state index contributed by atoms with van der Waals surface area (Å²) < 4.78 is 4.86. The summed E-state index contributed by atoms with van der Waals surface area (Å²) in [6, 6.07) is 0. The van der Waals surface area contributed by atoms with Gasteiger partial charge in [0.05, 0.1) is 0 Å². The summed E-state index contributed by atoms with van der Waals surface area (Å²) in [6.45, 7) is 4.16. The molecular weight excluding hydrogens is 194 g/mol. The fourth-order valence-electron chi connectivity index (χ4n) is 2.28. The Labute approximate surface area is 88.9 Å². The maximum absolute atomic E-state index is 11.6. The standard InChI is InChI=1S/C11H15NO3/c1-2-6-15-10(14)12-8-11(4-3-5-11)7-9(12)13/h2H,1,3-8H2. The molecule has 82 valence electrons. The molecule has 1 saturated heterocycles. The zero-order valence-corrected chi connectivity index (χ0v) is 8.70. The van der Waals surface area contributed by atoms with E-state index in [-0.39, 0.29) is 17.9 Å². The molecule has 2 rings (SSSR count). The molecule has 0 atom stereocenters. The Bertz CT molecular complexity index is 307. The van der Waals surface area contributed by atoms with Gasteiger partial charge in [0, 0.05) is 13.0 Å². The van der Waals surface area contributed by atoms with Crippen LogP contribution in [0.4, 0.5) is 4.79 Å². The van der Waals surface area contributed by atoms with Crippen LogP contribution in [0, 0.1) is 5.41 Å². The van der Waals surface area contributed by atoms with Gasteiger partial charge < -0.3 is 4.74 Å². The van der Waals surface area contributed by atoms with Gasteiger partial charge in [-0.1, -0.05) is 19.1 Å². The summed E-state index contributed by atoms with van der Waals surface area (Å²) in [5.74, 6) is -0.0937. The van der Waals surface area contributed by atoms with Crippen LogP contribution in [0.5, 0.6) is 0 Å². The molecule has 1 saturated carbocycles. The Morgan fingerprint density at radius 3 is 2.80 bits per heavy atom. The van der Waals surface area contributed by atoms with Crippen molar-refractivity contribution in [2.75, 3.05) is 13.2 Å². The number of carbonyl (C=O) groups is 2. The quantitative estimate of drug-likeness (QED) is 0.650. The lowest BCUT2D eigenvalue weighted by Crippen LogP contribution is -2.37. The molecule has 4 heteroatoms. The number of hydrogen-bond acceptors (Lipinski definition) is 3. The maximum atomic E-state index is 11.6. The number of rotatable bonds is 2. The first-order valence-corrected chi connectivity index (χ1v) is 5.25. The van der Waals surface area contributed by atoms with E-state index < -0.39 is 6.09 Å². The highest BCUT2D eigenvalue weighted by molar-refractivity contribution is 5.94. The van der Waals surface area contributed by atoms with Crippen LogP contribution >= 0.6 is 0 Å². The average Bonchev–Trinajstić information content (AvgIpc) is 2.52. The molecule has 2 fully saturated rings. The summed E-state index contributed by atoms with van der Waals surface area (Å²) in [7, 11) is 0. The first-order chi connectivity index (χ1) is 7.17. The Kier molecular flexibility index (Phi) is 2.50. The van der Waals surface area contributed by atoms with Crippen molar-refractivity contribution in [3.63, 3.8) is 0 Å². The lowest BCUT2D eigenvalue weighted by molar-refractivity contribution is -0.126. The normalized spacial score (nSPS) is 22.7. The van der Waals surface area contributed by atoms with Crippen molar-refractivity contribution in [1.29, 1.82) is 0 Å². The highest BCUT2D eigenvalue weighted by atomic mass is 16.6. The van der Waals surface area contributed by atoms with Gasteiger partial charge in [0.1, 0.15) is 6.61 Å². The van der Waals surface area contributed by atoms with Crippen LogP contribution in [0.3, 0.4) is 0 Å². The second-order valence-corrected chi connectivity index (χ2v) is 4.38. The van der Waals surface area contributed by atoms with E-state index >= 15 is 0 Å². The fourth-order valence-corrected chi connectivity index (χ4v) is 2.28. The molecule has 1 aliphatic heterocycles. The van der Waals surface area contributed by atoms with Gasteiger partial charge in [0.2, 0.25) is 5.91 Å². The van der Waals surface area contributed by atoms with Gasteiger partial charge in [-0.05, 0) is 18.3 Å². The van der Waals surface area contributed by atoms with Gasteiger partial charge in [-0.25, -0.2) is 9.69 Å². The number of carbonyl (C=O) groups excluding carboxylic acids is 2. The zero-order valence-electron chi connectivity index (χ0n) is 8.70. The van der Waals surface area contributed by atoms with Crippen molar-refractivity contribution >= 4 is 12.0 Å². The smallest absolute Gasteiger partial charge is 0.416 e. The highest BCUT2D eigenvalue weighted by Crippen LogP contribution is 2.48. The molecular formula is C11H15NO3. The van der Waals surface area contributed by atoms with Crippen LogP contribution in [0.25, 0.3) is 0 Å². The number of hydrogen-bond donors (Lipinski definition) is 0. The van der Waals surface area contributed by atoms with Crippen LogP contribution in [0.2, 0.25) is 0 Å². The third-order valence-corrected chi connectivity index (χ3v) is 3.28. The van der Waals surface area contributed by atoms with Gasteiger partial charge in [0.15, 0.2) is 0 Å². The second kappa shape index (κ2) is 3.68. The van der Waals surface area contributed by atoms with Crippen LogP contribution < -0.4 is 0 Å². The summed E-state index contributed by atoms with van der Waals surface area (Å²) in [5.41, 5.74) is 0.0876. The predicted molar refractivity (Wildman–Crippen MR) is 54.2 cm³/mol. The maximum Gasteiger partial charge on any atom is 0.416 e. The van der Waals surface area contributed by atoms with E-state index in [9.17, 15) is 9.59 Å². The van der Waals surface area contributed by atoms with Gasteiger partial charge in [-0.3, -0.25) is 4.79 Å². The lowest BCUT2D eigenvalue weighted by Gasteiger charge is -2.36. The van der Waals surface area contributed by atoms with Crippen molar-refractivity contribution in [3.8, 4) is 0 Å². The van der Waals surface area contributed by atoms with Gasteiger partial charge in [0.25, 0.3) is 0 Å². The molecule has 1 aliphatic carbocycles. The first-order valence-electron chi connectivity index (χ1n) is 5.25. The summed E-state index contributed by atoms with van der Waals surface area (Å²) >= 11 is 0. The minimum absolute atomic E-state index is 0.0876. The Hall–Kier alpha value is -1.32. The molecule has 0 radical (unpaired) electrons. The Morgan fingerprint density at radius 1 is 1.60 bits per heavy atom. The van der Waals surface area contributed by atoms with Crippen molar-refractivity contribution in [2.45, 2.75) is 25.7 Å². The topological polar surface area (TPSA) is 46.6 Å². The van der Waals surface area contributed by atoms with E-state index in [1.807, 2.05) is 0 Å². The van der Waals surface area contributed by atoms with Crippen LogP contribution in [-0.4, -0.2) is 30.1 Å². The molecule has 1 heterocycles. The van der Waals surface area contributed by atoms with E-state index in [1.54, 1.807) is 0 Å². The minimum atomic E-state index is -0.524. The molecule has 0 bridgehead atoms. The molecule has 2 aliphatic rings. The van der Waals surface area contributed by atoms with Gasteiger partial charge in [-0.15, -0.1) is 0 Å². The molecule has 1 spiro atoms. The number of likely N-dealkylation sites (tertiary alicyclic amines) is 1. The van der Waals surface area contributed by atoms with Crippen LogP contribution in [0.1, 0.15) is 25.7 Å². The Balaban J connectivity index is 1.95. The highest BCUT2D eigenvalue weighted by Gasteiger charge is 2.49. The van der Waals surface area contributed by atoms with Crippen LogP contribution in [0.15, 0.2) is 12.7 Å². The third-order valence-electron chi connectivity index (χ3n) is 3.28. The van der Waals surface area contributed by atoms with Crippen molar-refractivity contribution in [3.05, 3.63) is 12.7 Å². The molecule has 0 unspecified atom stereocenters. The van der Waals surface area contributed by atoms with E-state index in [1.165, 1.54) is 17.4 Å². The van der Waals surface area contributed by atoms with E-state index in [4.69, 9.17) is 4.74 Å². The SMILES string of the molecule is C=CCOC(=O)N1CC2(CCC2)CC1=O. The fraction of sp³-hybridized carbons (Fsp3) is 0.636. The molecule has 4 nitrogen and oxygen atoms in total. The third kappa shape index (κ3) is 1.76. The molecule has 15 heavy (non-hydrogen) atoms. The molecule has 2 amide bonds. The number of nitrogens with zero attached hydrogens (tertiary/aromatic N) is 1. The van der Waals surface area contributed by atoms with Gasteiger partial charge in [-0.2, -0.15) is 0 Å². The number of imide groups is 1. The largest absolute Gasteiger partial charge is 0.445 e. The summed E-state index contributed by atoms with van der Waals surface area (Å²) in [4.78, 5) is 24.3. The van der Waals surface area contributed by atoms with E-state index in [0.29, 0.717) is 13.0 Å². The first kappa shape index (κ1) is 10.2. The Morgan fingerprint density at radius 2 is 2.33 bits per heavy atom. The molecule has 0 aromatic heterocycles. The van der Waals surface area contributed by atoms with Crippen molar-refractivity contribution in [2.24, 2.45) is 5.41 Å². The van der Waals surface area contributed by atoms with Crippen molar-refractivity contribution in [1.82, 2.24) is 4.90 Å². The molecule has 0 N–H and O–H groups in total. The predicted octanol–water partition coefficient (Wildman–Crippen LogP) is 1.71. The number of ether oxygens (including phenoxy) is 1. The molecule has 0 aromatic rings. The summed E-state index contributed by atoms with van der Waals surface area (Å²) in [6.07, 6.45) is 4.77. The monoisotopic (exact) mass is 209 g/mol. The molecule has 0 aromatic carbocycles. The second-order valence-electron chi connectivity index (χ2n) is 4.38. The van der Waals surface area contributed by atoms with E-state index in [0.717, 1.165) is 12.8 Å². The van der Waals surface area contributed by atoms with E-state index in [2.05, 4.69) is 6.58 Å².